The van der Waals surface area contributed by atoms with Gasteiger partial charge in [0.15, 0.2) is 5.82 Å². The van der Waals surface area contributed by atoms with Gasteiger partial charge in [0.25, 0.3) is 0 Å². The SMILES string of the molecule is CC(Nc1ccccc1C(F)(F)F)c1nncn1C. The molecular formula is C12H13F3N4. The first-order valence-corrected chi connectivity index (χ1v) is 5.66. The molecule has 1 unspecified atom stereocenters. The number of para-hydroxylation sites is 1. The summed E-state index contributed by atoms with van der Waals surface area (Å²) in [7, 11) is 1.74. The Kier molecular flexibility index (Phi) is 3.46. The molecule has 4 nitrogen and oxygen atoms in total. The lowest BCUT2D eigenvalue weighted by molar-refractivity contribution is -0.137. The van der Waals surface area contributed by atoms with Crippen molar-refractivity contribution in [3.05, 3.63) is 42.0 Å². The summed E-state index contributed by atoms with van der Waals surface area (Å²) in [6.45, 7) is 1.73. The van der Waals surface area contributed by atoms with Crippen LogP contribution in [0.25, 0.3) is 0 Å². The van der Waals surface area contributed by atoms with Gasteiger partial charge in [-0.25, -0.2) is 0 Å². The summed E-state index contributed by atoms with van der Waals surface area (Å²) in [6, 6.07) is 4.99. The van der Waals surface area contributed by atoms with Gasteiger partial charge in [0, 0.05) is 12.7 Å². The lowest BCUT2D eigenvalue weighted by Crippen LogP contribution is -2.15. The average Bonchev–Trinajstić information content (AvgIpc) is 2.75. The van der Waals surface area contributed by atoms with Crippen molar-refractivity contribution >= 4 is 5.69 Å². The van der Waals surface area contributed by atoms with Crippen LogP contribution < -0.4 is 5.32 Å². The highest BCUT2D eigenvalue weighted by Gasteiger charge is 2.33. The molecule has 1 atom stereocenters. The predicted molar refractivity (Wildman–Crippen MR) is 64.5 cm³/mol. The molecule has 0 radical (unpaired) electrons. The molecule has 2 rings (SSSR count). The zero-order chi connectivity index (χ0) is 14.0. The van der Waals surface area contributed by atoms with Gasteiger partial charge in [-0.1, -0.05) is 12.1 Å². The second kappa shape index (κ2) is 4.91. The zero-order valence-electron chi connectivity index (χ0n) is 10.4. The normalized spacial score (nSPS) is 13.3. The van der Waals surface area contributed by atoms with Gasteiger partial charge < -0.3 is 9.88 Å². The minimum absolute atomic E-state index is 0.0329. The van der Waals surface area contributed by atoms with Gasteiger partial charge >= 0.3 is 6.18 Å². The lowest BCUT2D eigenvalue weighted by Gasteiger charge is -2.18. The van der Waals surface area contributed by atoms with E-state index in [0.29, 0.717) is 5.82 Å². The summed E-state index contributed by atoms with van der Waals surface area (Å²) in [6.07, 6.45) is -2.88. The second-order valence-electron chi connectivity index (χ2n) is 4.21. The van der Waals surface area contributed by atoms with Gasteiger partial charge in [0.1, 0.15) is 6.33 Å². The topological polar surface area (TPSA) is 42.7 Å². The van der Waals surface area contributed by atoms with E-state index in [1.54, 1.807) is 24.6 Å². The molecule has 0 fully saturated rings. The van der Waals surface area contributed by atoms with Crippen molar-refractivity contribution in [2.45, 2.75) is 19.1 Å². The highest BCUT2D eigenvalue weighted by molar-refractivity contribution is 5.53. The molecular weight excluding hydrogens is 257 g/mol. The molecule has 102 valence electrons. The third-order valence-electron chi connectivity index (χ3n) is 2.74. The van der Waals surface area contributed by atoms with Gasteiger partial charge in [-0.05, 0) is 19.1 Å². The smallest absolute Gasteiger partial charge is 0.375 e. The molecule has 1 N–H and O–H groups in total. The molecule has 0 spiro atoms. The van der Waals surface area contributed by atoms with Crippen LogP contribution in [0.2, 0.25) is 0 Å². The Labute approximate surface area is 108 Å². The number of anilines is 1. The molecule has 0 saturated carbocycles. The zero-order valence-corrected chi connectivity index (χ0v) is 10.4. The van der Waals surface area contributed by atoms with E-state index in [-0.39, 0.29) is 11.7 Å². The number of nitrogens with zero attached hydrogens (tertiary/aromatic N) is 3. The Hall–Kier alpha value is -2.05. The predicted octanol–water partition coefficient (Wildman–Crippen LogP) is 3.01. The number of hydrogen-bond acceptors (Lipinski definition) is 3. The van der Waals surface area contributed by atoms with Crippen LogP contribution in [0.4, 0.5) is 18.9 Å². The van der Waals surface area contributed by atoms with Crippen molar-refractivity contribution < 1.29 is 13.2 Å². The maximum atomic E-state index is 12.8. The maximum absolute atomic E-state index is 12.8. The third-order valence-corrected chi connectivity index (χ3v) is 2.74. The van der Waals surface area contributed by atoms with Gasteiger partial charge in [-0.3, -0.25) is 0 Å². The van der Waals surface area contributed by atoms with Crippen molar-refractivity contribution in [2.75, 3.05) is 5.32 Å². The number of rotatable bonds is 3. The molecule has 1 aromatic carbocycles. The van der Waals surface area contributed by atoms with Crippen LogP contribution in [0.3, 0.4) is 0 Å². The Balaban J connectivity index is 2.27. The van der Waals surface area contributed by atoms with Crippen molar-refractivity contribution in [3.63, 3.8) is 0 Å². The fourth-order valence-electron chi connectivity index (χ4n) is 1.84. The van der Waals surface area contributed by atoms with E-state index in [1.807, 2.05) is 0 Å². The molecule has 0 bridgehead atoms. The number of alkyl halides is 3. The van der Waals surface area contributed by atoms with Crippen molar-refractivity contribution in [3.8, 4) is 0 Å². The number of nitrogens with one attached hydrogen (secondary N) is 1. The first kappa shape index (κ1) is 13.4. The first-order valence-electron chi connectivity index (χ1n) is 5.66. The number of hydrogen-bond donors (Lipinski definition) is 1. The van der Waals surface area contributed by atoms with Crippen LogP contribution in [0.1, 0.15) is 24.4 Å². The number of benzene rings is 1. The summed E-state index contributed by atoms with van der Waals surface area (Å²) in [5.74, 6) is 0.567. The number of aryl methyl sites for hydroxylation is 1. The van der Waals surface area contributed by atoms with Crippen LogP contribution in [0.15, 0.2) is 30.6 Å². The summed E-state index contributed by atoms with van der Waals surface area (Å²) in [5.41, 5.74) is -0.658. The molecule has 19 heavy (non-hydrogen) atoms. The summed E-state index contributed by atoms with van der Waals surface area (Å²) in [4.78, 5) is 0. The van der Waals surface area contributed by atoms with E-state index in [4.69, 9.17) is 0 Å². The molecule has 0 aliphatic heterocycles. The van der Waals surface area contributed by atoms with Gasteiger partial charge in [0.05, 0.1) is 11.6 Å². The minimum atomic E-state index is -4.39. The maximum Gasteiger partial charge on any atom is 0.418 e. The van der Waals surface area contributed by atoms with E-state index < -0.39 is 11.7 Å². The highest BCUT2D eigenvalue weighted by atomic mass is 19.4. The molecule has 0 saturated heterocycles. The molecule has 1 aromatic heterocycles. The van der Waals surface area contributed by atoms with Gasteiger partial charge in [-0.15, -0.1) is 10.2 Å². The molecule has 0 aliphatic carbocycles. The van der Waals surface area contributed by atoms with Crippen LogP contribution in [-0.2, 0) is 13.2 Å². The van der Waals surface area contributed by atoms with Crippen molar-refractivity contribution in [2.24, 2.45) is 7.05 Å². The summed E-state index contributed by atoms with van der Waals surface area (Å²) >= 11 is 0. The monoisotopic (exact) mass is 270 g/mol. The van der Waals surface area contributed by atoms with Crippen LogP contribution in [0, 0.1) is 0 Å². The van der Waals surface area contributed by atoms with E-state index >= 15 is 0 Å². The Bertz CT molecular complexity index is 562. The third kappa shape index (κ3) is 2.86. The van der Waals surface area contributed by atoms with E-state index in [9.17, 15) is 13.2 Å². The Morgan fingerprint density at radius 2 is 1.95 bits per heavy atom. The standard InChI is InChI=1S/C12H13F3N4/c1-8(11-18-16-7-19(11)2)17-10-6-4-3-5-9(10)12(13,14)15/h3-8,17H,1-2H3. The Morgan fingerprint density at radius 1 is 1.26 bits per heavy atom. The molecule has 1 heterocycles. The summed E-state index contributed by atoms with van der Waals surface area (Å²) < 4.78 is 40.2. The van der Waals surface area contributed by atoms with E-state index in [0.717, 1.165) is 6.07 Å². The fraction of sp³-hybridized carbons (Fsp3) is 0.333. The van der Waals surface area contributed by atoms with Crippen molar-refractivity contribution in [1.29, 1.82) is 0 Å². The largest absolute Gasteiger partial charge is 0.418 e. The molecule has 0 aliphatic rings. The second-order valence-corrected chi connectivity index (χ2v) is 4.21. The minimum Gasteiger partial charge on any atom is -0.375 e. The average molecular weight is 270 g/mol. The number of aromatic nitrogens is 3. The van der Waals surface area contributed by atoms with Crippen LogP contribution in [0.5, 0.6) is 0 Å². The molecule has 2 aromatic rings. The van der Waals surface area contributed by atoms with Crippen molar-refractivity contribution in [1.82, 2.24) is 14.8 Å². The van der Waals surface area contributed by atoms with Crippen LogP contribution in [-0.4, -0.2) is 14.8 Å². The fourth-order valence-corrected chi connectivity index (χ4v) is 1.84. The Morgan fingerprint density at radius 3 is 2.53 bits per heavy atom. The lowest BCUT2D eigenvalue weighted by atomic mass is 10.1. The van der Waals surface area contributed by atoms with E-state index in [2.05, 4.69) is 15.5 Å². The molecule has 0 amide bonds. The number of halogens is 3. The quantitative estimate of drug-likeness (QED) is 0.932. The summed E-state index contributed by atoms with van der Waals surface area (Å²) in [5, 5.41) is 10.4. The van der Waals surface area contributed by atoms with Gasteiger partial charge in [0.2, 0.25) is 0 Å². The highest BCUT2D eigenvalue weighted by Crippen LogP contribution is 2.35. The van der Waals surface area contributed by atoms with Crippen LogP contribution >= 0.6 is 0 Å². The van der Waals surface area contributed by atoms with Gasteiger partial charge in [-0.2, -0.15) is 13.2 Å². The molecule has 7 heteroatoms. The first-order chi connectivity index (χ1) is 8.89. The van der Waals surface area contributed by atoms with E-state index in [1.165, 1.54) is 18.5 Å².